The predicted molar refractivity (Wildman–Crippen MR) is 133 cm³/mol. The molecule has 2 aromatic carbocycles. The fourth-order valence-electron chi connectivity index (χ4n) is 4.10. The average Bonchev–Trinajstić information content (AvgIpc) is 2.84. The van der Waals surface area contributed by atoms with Crippen molar-refractivity contribution in [2.45, 2.75) is 31.9 Å². The maximum Gasteiger partial charge on any atom is 0.349 e. The second-order valence-electron chi connectivity index (χ2n) is 8.17. The number of aliphatic hydroxyl groups excluding tert-OH is 1. The molecule has 1 aromatic heterocycles. The number of aromatic amines is 1. The number of aryl methyl sites for hydroxylation is 2. The molecule has 5 N–H and O–H groups in total. The lowest BCUT2D eigenvalue weighted by atomic mass is 9.88. The van der Waals surface area contributed by atoms with Crippen LogP contribution < -0.4 is 27.1 Å². The van der Waals surface area contributed by atoms with Crippen molar-refractivity contribution in [3.8, 4) is 11.4 Å². The van der Waals surface area contributed by atoms with E-state index in [0.29, 0.717) is 5.57 Å². The number of nitrogen functional groups attached to an aromatic ring is 1. The first kappa shape index (κ1) is 23.2. The van der Waals surface area contributed by atoms with Crippen LogP contribution in [0.25, 0.3) is 11.3 Å². The molecule has 3 aromatic rings. The number of benzene rings is 2. The standard InChI is InChI=1S/C23H20Cl2N6O4/c24-16-8-14(31-23(34)27-22(33)20(26)30-31)9-17(25)19(16)35-18-10-15(21(32)29-28-18)13-6-5-11-3-1-2-4-12(11)7-13/h5-10,21,29,32H,1-4H2,(H2,26,30)(H,27,33,34). The first-order chi connectivity index (χ1) is 16.8. The lowest BCUT2D eigenvalue weighted by Gasteiger charge is -2.23. The minimum atomic E-state index is -1.01. The van der Waals surface area contributed by atoms with Crippen LogP contribution in [-0.2, 0) is 12.8 Å². The van der Waals surface area contributed by atoms with Gasteiger partial charge in [-0.2, -0.15) is 4.68 Å². The molecule has 5 rings (SSSR count). The zero-order valence-corrected chi connectivity index (χ0v) is 19.7. The van der Waals surface area contributed by atoms with Crippen molar-refractivity contribution >= 4 is 40.5 Å². The van der Waals surface area contributed by atoms with Crippen molar-refractivity contribution in [1.29, 1.82) is 0 Å². The molecule has 1 atom stereocenters. The average molecular weight is 515 g/mol. The molecule has 0 bridgehead atoms. The molecule has 0 fully saturated rings. The van der Waals surface area contributed by atoms with Crippen molar-refractivity contribution < 1.29 is 9.84 Å². The Balaban J connectivity index is 1.45. The smallest absolute Gasteiger partial charge is 0.349 e. The number of hydrazone groups is 1. The molecule has 2 aliphatic rings. The van der Waals surface area contributed by atoms with Gasteiger partial charge in [-0.15, -0.1) is 10.2 Å². The monoisotopic (exact) mass is 514 g/mol. The van der Waals surface area contributed by atoms with Crippen molar-refractivity contribution in [2.24, 2.45) is 5.10 Å². The van der Waals surface area contributed by atoms with Gasteiger partial charge in [-0.05, 0) is 54.5 Å². The summed E-state index contributed by atoms with van der Waals surface area (Å²) < 4.78 is 6.70. The lowest BCUT2D eigenvalue weighted by molar-refractivity contribution is 0.193. The van der Waals surface area contributed by atoms with Gasteiger partial charge in [0.1, 0.15) is 0 Å². The van der Waals surface area contributed by atoms with E-state index in [1.165, 1.54) is 29.7 Å². The maximum atomic E-state index is 12.1. The third-order valence-electron chi connectivity index (χ3n) is 5.84. The summed E-state index contributed by atoms with van der Waals surface area (Å²) in [5.74, 6) is -0.179. The van der Waals surface area contributed by atoms with Gasteiger partial charge in [0.25, 0.3) is 5.56 Å². The van der Waals surface area contributed by atoms with Crippen molar-refractivity contribution in [3.05, 3.63) is 84.0 Å². The second kappa shape index (κ2) is 9.21. The fraction of sp³-hybridized carbons (Fsp3) is 0.217. The summed E-state index contributed by atoms with van der Waals surface area (Å²) in [4.78, 5) is 25.7. The van der Waals surface area contributed by atoms with Gasteiger partial charge in [0.15, 0.2) is 12.0 Å². The fourth-order valence-corrected chi connectivity index (χ4v) is 4.66. The number of nitrogens with two attached hydrogens (primary N) is 1. The van der Waals surface area contributed by atoms with Crippen molar-refractivity contribution in [2.75, 3.05) is 5.73 Å². The number of aliphatic hydroxyl groups is 1. The maximum absolute atomic E-state index is 12.1. The number of nitrogens with one attached hydrogen (secondary N) is 2. The highest BCUT2D eigenvalue weighted by atomic mass is 35.5. The molecule has 35 heavy (non-hydrogen) atoms. The summed E-state index contributed by atoms with van der Waals surface area (Å²) in [6, 6.07) is 8.92. The van der Waals surface area contributed by atoms with Crippen LogP contribution in [0, 0.1) is 0 Å². The number of nitrogens with zero attached hydrogens (tertiary/aromatic N) is 3. The number of fused-ring (bicyclic) bond motifs is 1. The van der Waals surface area contributed by atoms with Crippen LogP contribution >= 0.6 is 23.2 Å². The molecule has 0 saturated carbocycles. The van der Waals surface area contributed by atoms with Crippen molar-refractivity contribution in [1.82, 2.24) is 20.2 Å². The molecule has 180 valence electrons. The molecular weight excluding hydrogens is 495 g/mol. The van der Waals surface area contributed by atoms with Gasteiger partial charge in [-0.25, -0.2) is 4.79 Å². The van der Waals surface area contributed by atoms with Crippen molar-refractivity contribution in [3.63, 3.8) is 0 Å². The molecule has 12 heteroatoms. The van der Waals surface area contributed by atoms with Crippen LogP contribution in [0.15, 0.2) is 51.1 Å². The minimum absolute atomic E-state index is 0.0588. The molecule has 0 saturated heterocycles. The quantitative estimate of drug-likeness (QED) is 0.419. The minimum Gasteiger partial charge on any atom is -0.434 e. The van der Waals surface area contributed by atoms with Gasteiger partial charge in [0.2, 0.25) is 11.7 Å². The van der Waals surface area contributed by atoms with Crippen LogP contribution in [0.2, 0.25) is 10.0 Å². The van der Waals surface area contributed by atoms with E-state index in [2.05, 4.69) is 32.7 Å². The Kier molecular flexibility index (Phi) is 6.10. The Labute approximate surface area is 208 Å². The van der Waals surface area contributed by atoms with E-state index < -0.39 is 23.3 Å². The van der Waals surface area contributed by atoms with E-state index in [1.807, 2.05) is 6.07 Å². The van der Waals surface area contributed by atoms with Crippen LogP contribution in [0.1, 0.15) is 29.5 Å². The Bertz CT molecular complexity index is 1490. The number of ether oxygens (including phenoxy) is 1. The number of aromatic nitrogens is 3. The third-order valence-corrected chi connectivity index (χ3v) is 6.40. The first-order valence-electron chi connectivity index (χ1n) is 10.8. The number of halogens is 2. The molecule has 0 amide bonds. The van der Waals surface area contributed by atoms with Crippen LogP contribution in [0.5, 0.6) is 5.75 Å². The van der Waals surface area contributed by atoms with Gasteiger partial charge < -0.3 is 15.6 Å². The Morgan fingerprint density at radius 3 is 2.54 bits per heavy atom. The molecule has 1 unspecified atom stereocenters. The van der Waals surface area contributed by atoms with Gasteiger partial charge in [-0.3, -0.25) is 15.2 Å². The molecule has 1 aliphatic heterocycles. The van der Waals surface area contributed by atoms with Crippen LogP contribution in [0.3, 0.4) is 0 Å². The van der Waals surface area contributed by atoms with Gasteiger partial charge in [-0.1, -0.05) is 41.4 Å². The molecule has 2 heterocycles. The molecule has 1 aliphatic carbocycles. The number of rotatable bonds is 3. The summed E-state index contributed by atoms with van der Waals surface area (Å²) in [5, 5.41) is 18.4. The summed E-state index contributed by atoms with van der Waals surface area (Å²) >= 11 is 12.8. The lowest BCUT2D eigenvalue weighted by Crippen LogP contribution is -2.33. The Morgan fingerprint density at radius 1 is 1.09 bits per heavy atom. The summed E-state index contributed by atoms with van der Waals surface area (Å²) in [6.45, 7) is 0. The van der Waals surface area contributed by atoms with Gasteiger partial charge >= 0.3 is 5.69 Å². The van der Waals surface area contributed by atoms with Crippen LogP contribution in [0.4, 0.5) is 5.82 Å². The van der Waals surface area contributed by atoms with E-state index >= 15 is 0 Å². The number of hydrogen-bond donors (Lipinski definition) is 4. The molecule has 0 spiro atoms. The highest BCUT2D eigenvalue weighted by Crippen LogP contribution is 2.36. The van der Waals surface area contributed by atoms with E-state index in [1.54, 1.807) is 6.08 Å². The van der Waals surface area contributed by atoms with Gasteiger partial charge in [0, 0.05) is 11.6 Å². The summed E-state index contributed by atoms with van der Waals surface area (Å²) in [7, 11) is 0. The molecular formula is C23H20Cl2N6O4. The number of anilines is 1. The molecule has 10 nitrogen and oxygen atoms in total. The zero-order valence-electron chi connectivity index (χ0n) is 18.2. The topological polar surface area (TPSA) is 148 Å². The SMILES string of the molecule is Nc1nn(-c2cc(Cl)c(OC3=NNC(O)C(c4ccc5c(c4)CCCC5)=C3)c(Cl)c2)c(=O)[nH]c1=O. The Morgan fingerprint density at radius 2 is 1.80 bits per heavy atom. The number of H-pyrrole nitrogens is 1. The third kappa shape index (κ3) is 4.55. The summed E-state index contributed by atoms with van der Waals surface area (Å²) in [5.41, 5.74) is 10.8. The van der Waals surface area contributed by atoms with Gasteiger partial charge in [0.05, 0.1) is 15.7 Å². The summed E-state index contributed by atoms with van der Waals surface area (Å²) in [6.07, 6.45) is 5.00. The van der Waals surface area contributed by atoms with E-state index in [9.17, 15) is 14.7 Å². The normalized spacial score (nSPS) is 17.2. The highest BCUT2D eigenvalue weighted by molar-refractivity contribution is 6.37. The first-order valence-corrected chi connectivity index (χ1v) is 11.6. The predicted octanol–water partition coefficient (Wildman–Crippen LogP) is 2.39. The van der Waals surface area contributed by atoms with E-state index in [4.69, 9.17) is 33.7 Å². The highest BCUT2D eigenvalue weighted by Gasteiger charge is 2.22. The molecule has 0 radical (unpaired) electrons. The largest absolute Gasteiger partial charge is 0.434 e. The second-order valence-corrected chi connectivity index (χ2v) is 8.98. The zero-order chi connectivity index (χ0) is 24.7. The van der Waals surface area contributed by atoms with Crippen LogP contribution in [-0.4, -0.2) is 32.0 Å². The number of hydrogen-bond acceptors (Lipinski definition) is 8. The van der Waals surface area contributed by atoms with E-state index in [0.717, 1.165) is 29.5 Å². The Hall–Kier alpha value is -3.60. The van der Waals surface area contributed by atoms with E-state index in [-0.39, 0.29) is 27.4 Å².